The lowest BCUT2D eigenvalue weighted by Crippen LogP contribution is -2.45. The Morgan fingerprint density at radius 3 is 1.27 bits per heavy atom. The number of aliphatic carboxylic acids is 1. The number of benzene rings is 3. The first-order valence-electron chi connectivity index (χ1n) is 25.6. The highest BCUT2D eigenvalue weighted by molar-refractivity contribution is 5.87. The van der Waals surface area contributed by atoms with Crippen LogP contribution in [0, 0.1) is 0 Å². The van der Waals surface area contributed by atoms with Crippen LogP contribution in [0.2, 0.25) is 0 Å². The van der Waals surface area contributed by atoms with Crippen LogP contribution in [0.3, 0.4) is 0 Å². The second kappa shape index (κ2) is 38.1. The summed E-state index contributed by atoms with van der Waals surface area (Å²) in [5, 5.41) is 19.9. The van der Waals surface area contributed by atoms with Gasteiger partial charge in [0.25, 0.3) is 0 Å². The summed E-state index contributed by atoms with van der Waals surface area (Å²) in [7, 11) is -1.00. The first-order valence-corrected chi connectivity index (χ1v) is 24.9. The average Bonchev–Trinajstić information content (AvgIpc) is 3.38. The van der Waals surface area contributed by atoms with Gasteiger partial charge in [-0.1, -0.05) is 91.0 Å². The van der Waals surface area contributed by atoms with Crippen LogP contribution in [0.25, 0.3) is 0 Å². The molecule has 3 saturated heterocycles. The number of nitrogens with two attached hydrogens (primary N) is 2. The molecule has 422 valence electrons. The summed E-state index contributed by atoms with van der Waals surface area (Å²) in [5.41, 5.74) is 12.0. The highest BCUT2D eigenvalue weighted by atomic mass is 35.5. The van der Waals surface area contributed by atoms with Crippen LogP contribution in [0.15, 0.2) is 91.0 Å². The molecule has 3 aromatic carbocycles. The molecule has 0 aromatic heterocycles. The molecule has 22 heteroatoms. The first-order chi connectivity index (χ1) is 35.8. The molecule has 0 unspecified atom stereocenters. The van der Waals surface area contributed by atoms with Gasteiger partial charge in [-0.05, 0) is 58.2 Å². The van der Waals surface area contributed by atoms with Crippen molar-refractivity contribution in [2.75, 3.05) is 125 Å². The topological polar surface area (TPSA) is 262 Å². The molecule has 3 aliphatic rings. The van der Waals surface area contributed by atoms with Gasteiger partial charge in [0.15, 0.2) is 6.04 Å². The Balaban J connectivity index is 0.000000518. The Bertz CT molecular complexity index is 2030. The van der Waals surface area contributed by atoms with Crippen LogP contribution < -0.4 is 32.7 Å². The van der Waals surface area contributed by atoms with E-state index in [9.17, 15) is 28.4 Å². The van der Waals surface area contributed by atoms with Crippen molar-refractivity contribution in [3.05, 3.63) is 108 Å². The van der Waals surface area contributed by atoms with E-state index in [0.717, 1.165) is 111 Å². The number of carboxylic acids is 1. The molecular formula is C53H85ClFN9O11. The van der Waals surface area contributed by atoms with Crippen LogP contribution in [-0.2, 0) is 38.1 Å². The monoisotopic (exact) mass is 1080 g/mol. The van der Waals surface area contributed by atoms with E-state index in [1.165, 1.54) is 0 Å². The lowest BCUT2D eigenvalue weighted by molar-refractivity contribution is -0.139. The van der Waals surface area contributed by atoms with E-state index >= 15 is 0 Å². The second-order valence-corrected chi connectivity index (χ2v) is 18.9. The maximum atomic E-state index is 12.7. The van der Waals surface area contributed by atoms with E-state index in [-0.39, 0.29) is 24.2 Å². The lowest BCUT2D eigenvalue weighted by atomic mass is 10.1. The summed E-state index contributed by atoms with van der Waals surface area (Å²) >= 11 is 0. The lowest BCUT2D eigenvalue weighted by Gasteiger charge is -2.27. The standard InChI is InChI=1S/C19H29N3O4.C14H21N3O2.C13H17NO4.C6H14N2O.CH3F.ClH/c1-19(2,3)26-18(24)21-16(15-7-5-4-6-8-15)17(23)20-9-10-22-11-13-25-14-12-22;15-13(12-4-2-1-3-5-12)14(18)16-6-7-17-8-10-19-11-9-17;1-13(2,3)18-12(17)14-10(11(15)16)9-7-5-4-6-8-9;7-1-2-8-3-5-9-6-4-8;1-2;/h4-8,16H,9-14H2,1-3H3,(H,20,23)(H,21,24);1-5,13H,6-11,15H2,(H,16,18);4-8,10H,1-3H3,(H,14,17)(H,15,16);1-7H2;1H3;1H/t16-;13-;10-;;;/m000.../s1/i;;;;1D;. The number of carbonyl (C=O) groups excluding carboxylic acids is 4. The summed E-state index contributed by atoms with van der Waals surface area (Å²) in [6.45, 7) is 25.5. The van der Waals surface area contributed by atoms with Crippen LogP contribution in [0.1, 0.15) is 77.7 Å². The number of carboxylic acid groups (broad SMARTS) is 1. The summed E-state index contributed by atoms with van der Waals surface area (Å²) in [5.74, 6) is -1.51. The number of ether oxygens (including phenoxy) is 5. The third kappa shape index (κ3) is 30.6. The number of rotatable bonds is 16. The van der Waals surface area contributed by atoms with Crippen LogP contribution >= 0.6 is 12.4 Å². The average molecular weight is 1080 g/mol. The SMILES string of the molecule is CC(C)(C)OC(=O)N[C@H](C(=O)NCCN1CCOCC1)c1ccccc1.CC(C)(C)OC(=O)N[C@H](C(=O)O)c1ccccc1.Cl.NCCN1CCOCC1.N[C@H](C(=O)NCCN1CCOCC1)c1ccccc1.[2H]CF. The Labute approximate surface area is 450 Å². The molecule has 0 spiro atoms. The molecule has 3 heterocycles. The van der Waals surface area contributed by atoms with Crippen molar-refractivity contribution in [1.82, 2.24) is 36.0 Å². The number of nitrogens with zero attached hydrogens (tertiary/aromatic N) is 3. The van der Waals surface area contributed by atoms with Gasteiger partial charge in [-0.2, -0.15) is 0 Å². The number of alkyl halides is 1. The normalized spacial score (nSPS) is 16.3. The van der Waals surface area contributed by atoms with Crippen molar-refractivity contribution < 1.29 is 58.5 Å². The van der Waals surface area contributed by atoms with E-state index in [1.807, 2.05) is 60.7 Å². The zero-order chi connectivity index (χ0) is 55.5. The minimum Gasteiger partial charge on any atom is -0.479 e. The summed E-state index contributed by atoms with van der Waals surface area (Å²) in [6, 6.07) is 24.5. The molecule has 9 N–H and O–H groups in total. The predicted octanol–water partition coefficient (Wildman–Crippen LogP) is 4.46. The molecule has 3 aromatic rings. The van der Waals surface area contributed by atoms with Gasteiger partial charge in [0.05, 0.1) is 48.2 Å². The van der Waals surface area contributed by atoms with Gasteiger partial charge in [0.2, 0.25) is 11.8 Å². The molecule has 3 aliphatic heterocycles. The molecule has 0 bridgehead atoms. The Kier molecular flexibility index (Phi) is 33.3. The summed E-state index contributed by atoms with van der Waals surface area (Å²) in [6.07, 6.45) is -1.37. The third-order valence-electron chi connectivity index (χ3n) is 10.7. The first kappa shape index (κ1) is 65.6. The van der Waals surface area contributed by atoms with Crippen molar-refractivity contribution >= 4 is 42.4 Å². The highest BCUT2D eigenvalue weighted by Crippen LogP contribution is 2.17. The zero-order valence-corrected chi connectivity index (χ0v) is 45.5. The molecule has 3 atom stereocenters. The smallest absolute Gasteiger partial charge is 0.408 e. The van der Waals surface area contributed by atoms with Crippen LogP contribution in [0.5, 0.6) is 0 Å². The Morgan fingerprint density at radius 2 is 0.920 bits per heavy atom. The van der Waals surface area contributed by atoms with E-state index in [2.05, 4.69) is 36.0 Å². The zero-order valence-electron chi connectivity index (χ0n) is 45.6. The molecule has 0 saturated carbocycles. The van der Waals surface area contributed by atoms with E-state index in [1.54, 1.807) is 71.9 Å². The molecular weight excluding hydrogens is 993 g/mol. The number of morpholine rings is 3. The quantitative estimate of drug-likeness (QED) is 0.104. The summed E-state index contributed by atoms with van der Waals surface area (Å²) < 4.78 is 41.6. The van der Waals surface area contributed by atoms with E-state index < -0.39 is 54.6 Å². The van der Waals surface area contributed by atoms with Crippen molar-refractivity contribution in [2.24, 2.45) is 11.5 Å². The number of amides is 4. The minimum absolute atomic E-state index is 0. The molecule has 0 aliphatic carbocycles. The molecule has 20 nitrogen and oxygen atoms in total. The summed E-state index contributed by atoms with van der Waals surface area (Å²) in [4.78, 5) is 66.2. The van der Waals surface area contributed by atoms with Gasteiger partial charge in [-0.25, -0.2) is 14.4 Å². The maximum Gasteiger partial charge on any atom is 0.408 e. The van der Waals surface area contributed by atoms with Gasteiger partial charge in [-0.3, -0.25) is 28.7 Å². The van der Waals surface area contributed by atoms with Crippen LogP contribution in [0.4, 0.5) is 14.0 Å². The number of nitrogens with one attached hydrogen (secondary N) is 4. The highest BCUT2D eigenvalue weighted by Gasteiger charge is 2.27. The predicted molar refractivity (Wildman–Crippen MR) is 289 cm³/mol. The fourth-order valence-electron chi connectivity index (χ4n) is 7.08. The second-order valence-electron chi connectivity index (χ2n) is 18.9. The largest absolute Gasteiger partial charge is 0.479 e. The fraction of sp³-hybridized carbons (Fsp3) is 0.566. The maximum absolute atomic E-state index is 12.7. The van der Waals surface area contributed by atoms with Gasteiger partial charge in [-0.15, -0.1) is 12.4 Å². The number of halogens is 2. The van der Waals surface area contributed by atoms with Crippen molar-refractivity contribution in [1.29, 1.82) is 0 Å². The van der Waals surface area contributed by atoms with Gasteiger partial charge < -0.3 is 61.5 Å². The Hall–Kier alpha value is -5.49. The van der Waals surface area contributed by atoms with Gasteiger partial charge in [0, 0.05) is 78.5 Å². The van der Waals surface area contributed by atoms with Crippen molar-refractivity contribution in [2.45, 2.75) is 70.9 Å². The number of carbonyl (C=O) groups is 5. The number of hydrogen-bond acceptors (Lipinski definition) is 15. The van der Waals surface area contributed by atoms with Crippen molar-refractivity contribution in [3.63, 3.8) is 0 Å². The van der Waals surface area contributed by atoms with Crippen molar-refractivity contribution in [3.8, 4) is 0 Å². The van der Waals surface area contributed by atoms with E-state index in [4.69, 9.17) is 41.6 Å². The number of hydrogen-bond donors (Lipinski definition) is 7. The van der Waals surface area contributed by atoms with Gasteiger partial charge >= 0.3 is 18.2 Å². The molecule has 6 rings (SSSR count). The Morgan fingerprint density at radius 1 is 0.600 bits per heavy atom. The van der Waals surface area contributed by atoms with Gasteiger partial charge in [0.1, 0.15) is 23.3 Å². The fourth-order valence-corrected chi connectivity index (χ4v) is 7.08. The van der Waals surface area contributed by atoms with Crippen LogP contribution in [-0.4, -0.2) is 186 Å². The molecule has 75 heavy (non-hydrogen) atoms. The molecule has 3 fully saturated rings. The minimum atomic E-state index is -1.13. The van der Waals surface area contributed by atoms with E-state index in [0.29, 0.717) is 24.2 Å². The third-order valence-corrected chi connectivity index (χ3v) is 10.7. The molecule has 0 radical (unpaired) electrons. The number of alkyl carbamates (subject to hydrolysis) is 2. The molecule has 4 amide bonds.